The zero-order valence-electron chi connectivity index (χ0n) is 11.1. The molecular formula is C13H17BrN2O3S. The van der Waals surface area contributed by atoms with Crippen LogP contribution in [0.3, 0.4) is 0 Å². The fourth-order valence-corrected chi connectivity index (χ4v) is 4.84. The minimum atomic E-state index is -3.34. The fraction of sp³-hybridized carbons (Fsp3) is 0.462. The van der Waals surface area contributed by atoms with Crippen LogP contribution in [0.15, 0.2) is 16.6 Å². The summed E-state index contributed by atoms with van der Waals surface area (Å²) in [6.07, 6.45) is 1.75. The van der Waals surface area contributed by atoms with E-state index in [4.69, 9.17) is 5.73 Å². The number of benzene rings is 1. The number of nitrogens with one attached hydrogen (secondary N) is 1. The number of sulfone groups is 1. The summed E-state index contributed by atoms with van der Waals surface area (Å²) in [5.74, 6) is -0.420. The summed E-state index contributed by atoms with van der Waals surface area (Å²) >= 11 is 3.33. The molecular weight excluding hydrogens is 344 g/mol. The Morgan fingerprint density at radius 1 is 1.40 bits per heavy atom. The maximum atomic E-state index is 12.2. The van der Waals surface area contributed by atoms with E-state index in [0.717, 1.165) is 12.0 Å². The van der Waals surface area contributed by atoms with Crippen molar-refractivity contribution in [3.63, 3.8) is 0 Å². The van der Waals surface area contributed by atoms with E-state index in [2.05, 4.69) is 21.2 Å². The van der Waals surface area contributed by atoms with Gasteiger partial charge in [-0.15, -0.1) is 0 Å². The van der Waals surface area contributed by atoms with Crippen LogP contribution in [-0.4, -0.2) is 25.3 Å². The molecule has 1 heterocycles. The van der Waals surface area contributed by atoms with Gasteiger partial charge in [0.15, 0.2) is 9.84 Å². The minimum Gasteiger partial charge on any atom is -0.397 e. The first-order chi connectivity index (χ1) is 9.31. The molecule has 0 saturated carbocycles. The fourth-order valence-electron chi connectivity index (χ4n) is 2.35. The first-order valence-electron chi connectivity index (χ1n) is 6.39. The third-order valence-corrected chi connectivity index (χ3v) is 6.18. The van der Waals surface area contributed by atoms with Crippen LogP contribution in [0.25, 0.3) is 0 Å². The number of hydrogen-bond donors (Lipinski definition) is 2. The van der Waals surface area contributed by atoms with Gasteiger partial charge in [0.2, 0.25) is 5.91 Å². The first kappa shape index (κ1) is 15.3. The number of nitrogens with two attached hydrogens (primary N) is 1. The van der Waals surface area contributed by atoms with Crippen LogP contribution >= 0.6 is 15.9 Å². The van der Waals surface area contributed by atoms with E-state index in [0.29, 0.717) is 28.7 Å². The Morgan fingerprint density at radius 3 is 2.70 bits per heavy atom. The summed E-state index contributed by atoms with van der Waals surface area (Å²) < 4.78 is 24.5. The van der Waals surface area contributed by atoms with Gasteiger partial charge in [0.25, 0.3) is 0 Å². The van der Waals surface area contributed by atoms with E-state index < -0.39 is 21.0 Å². The molecule has 20 heavy (non-hydrogen) atoms. The average molecular weight is 361 g/mol. The Balaban J connectivity index is 2.24. The molecule has 3 N–H and O–H groups in total. The molecule has 2 rings (SSSR count). The van der Waals surface area contributed by atoms with Gasteiger partial charge in [-0.3, -0.25) is 4.79 Å². The van der Waals surface area contributed by atoms with Crippen LogP contribution in [-0.2, 0) is 14.6 Å². The van der Waals surface area contributed by atoms with Gasteiger partial charge in [0.1, 0.15) is 5.25 Å². The van der Waals surface area contributed by atoms with Crippen molar-refractivity contribution < 1.29 is 13.2 Å². The maximum absolute atomic E-state index is 12.2. The van der Waals surface area contributed by atoms with Crippen LogP contribution in [0.1, 0.15) is 24.8 Å². The summed E-state index contributed by atoms with van der Waals surface area (Å²) in [4.78, 5) is 12.2. The van der Waals surface area contributed by atoms with Crippen molar-refractivity contribution in [3.05, 3.63) is 22.2 Å². The maximum Gasteiger partial charge on any atom is 0.242 e. The molecule has 1 aliphatic heterocycles. The van der Waals surface area contributed by atoms with Crippen molar-refractivity contribution in [2.45, 2.75) is 31.4 Å². The summed E-state index contributed by atoms with van der Waals surface area (Å²) in [6.45, 7) is 1.89. The van der Waals surface area contributed by atoms with Crippen molar-refractivity contribution in [2.24, 2.45) is 0 Å². The van der Waals surface area contributed by atoms with E-state index in [1.54, 1.807) is 6.07 Å². The van der Waals surface area contributed by atoms with Crippen LogP contribution in [0.4, 0.5) is 11.4 Å². The molecule has 110 valence electrons. The Kier molecular flexibility index (Phi) is 4.39. The van der Waals surface area contributed by atoms with Gasteiger partial charge in [0, 0.05) is 4.47 Å². The van der Waals surface area contributed by atoms with E-state index in [1.165, 1.54) is 0 Å². The first-order valence-corrected chi connectivity index (χ1v) is 8.90. The highest BCUT2D eigenvalue weighted by Gasteiger charge is 2.35. The summed E-state index contributed by atoms with van der Waals surface area (Å²) in [5, 5.41) is 1.67. The molecule has 1 aromatic carbocycles. The number of anilines is 2. The molecule has 0 aliphatic carbocycles. The standard InChI is InChI=1S/C13H17BrN2O3S/c1-8-6-9(14)12(10(15)7-8)16-13(17)11-4-2-3-5-20(11,18)19/h6-7,11H,2-5,15H2,1H3,(H,16,17). The van der Waals surface area contributed by atoms with E-state index in [1.807, 2.05) is 13.0 Å². The molecule has 0 aromatic heterocycles. The summed E-state index contributed by atoms with van der Waals surface area (Å²) in [5.41, 5.74) is 7.68. The highest BCUT2D eigenvalue weighted by Crippen LogP contribution is 2.31. The van der Waals surface area contributed by atoms with Crippen LogP contribution in [0.5, 0.6) is 0 Å². The largest absolute Gasteiger partial charge is 0.397 e. The average Bonchev–Trinajstić information content (AvgIpc) is 2.32. The predicted octanol–water partition coefficient (Wildman–Crippen LogP) is 2.25. The number of amides is 1. The van der Waals surface area contributed by atoms with Crippen molar-refractivity contribution in [3.8, 4) is 0 Å². The third kappa shape index (κ3) is 3.15. The Hall–Kier alpha value is -1.08. The lowest BCUT2D eigenvalue weighted by Crippen LogP contribution is -2.39. The van der Waals surface area contributed by atoms with Crippen LogP contribution < -0.4 is 11.1 Å². The summed E-state index contributed by atoms with van der Waals surface area (Å²) in [6, 6.07) is 3.55. The number of carbonyl (C=O) groups is 1. The van der Waals surface area contributed by atoms with Gasteiger partial charge >= 0.3 is 0 Å². The van der Waals surface area contributed by atoms with Crippen molar-refractivity contribution >= 4 is 43.0 Å². The normalized spacial score (nSPS) is 21.4. The molecule has 1 aliphatic rings. The lowest BCUT2D eigenvalue weighted by molar-refractivity contribution is -0.116. The second-order valence-electron chi connectivity index (χ2n) is 5.05. The summed E-state index contributed by atoms with van der Waals surface area (Å²) in [7, 11) is -3.34. The number of nitrogen functional groups attached to an aromatic ring is 1. The van der Waals surface area contributed by atoms with Crippen LogP contribution in [0, 0.1) is 6.92 Å². The number of carbonyl (C=O) groups excluding carboxylic acids is 1. The zero-order chi connectivity index (χ0) is 14.9. The number of halogens is 1. The van der Waals surface area contributed by atoms with E-state index in [9.17, 15) is 13.2 Å². The number of aryl methyl sites for hydroxylation is 1. The molecule has 1 aromatic rings. The van der Waals surface area contributed by atoms with Gasteiger partial charge in [-0.05, 0) is 53.4 Å². The molecule has 1 atom stereocenters. The number of hydrogen-bond acceptors (Lipinski definition) is 4. The molecule has 7 heteroatoms. The second-order valence-corrected chi connectivity index (χ2v) is 8.21. The molecule has 1 unspecified atom stereocenters. The van der Waals surface area contributed by atoms with E-state index >= 15 is 0 Å². The highest BCUT2D eigenvalue weighted by molar-refractivity contribution is 9.10. The smallest absolute Gasteiger partial charge is 0.242 e. The highest BCUT2D eigenvalue weighted by atomic mass is 79.9. The molecule has 0 radical (unpaired) electrons. The lowest BCUT2D eigenvalue weighted by Gasteiger charge is -2.22. The van der Waals surface area contributed by atoms with E-state index in [-0.39, 0.29) is 5.75 Å². The van der Waals surface area contributed by atoms with Crippen molar-refractivity contribution in [1.82, 2.24) is 0 Å². The monoisotopic (exact) mass is 360 g/mol. The molecule has 1 fully saturated rings. The molecule has 1 saturated heterocycles. The SMILES string of the molecule is Cc1cc(N)c(NC(=O)C2CCCCS2(=O)=O)c(Br)c1. The minimum absolute atomic E-state index is 0.0790. The Labute approximate surface area is 127 Å². The van der Waals surface area contributed by atoms with Gasteiger partial charge in [-0.2, -0.15) is 0 Å². The topological polar surface area (TPSA) is 89.3 Å². The Morgan fingerprint density at radius 2 is 2.10 bits per heavy atom. The predicted molar refractivity (Wildman–Crippen MR) is 83.3 cm³/mol. The Bertz CT molecular complexity index is 620. The molecule has 0 spiro atoms. The van der Waals surface area contributed by atoms with Gasteiger partial charge in [-0.25, -0.2) is 8.42 Å². The third-order valence-electron chi connectivity index (χ3n) is 3.38. The second kappa shape index (κ2) is 5.73. The lowest BCUT2D eigenvalue weighted by atomic mass is 10.1. The zero-order valence-corrected chi connectivity index (χ0v) is 13.6. The van der Waals surface area contributed by atoms with Gasteiger partial charge < -0.3 is 11.1 Å². The molecule has 0 bridgehead atoms. The van der Waals surface area contributed by atoms with Crippen LogP contribution in [0.2, 0.25) is 0 Å². The number of rotatable bonds is 2. The van der Waals surface area contributed by atoms with Crippen molar-refractivity contribution in [1.29, 1.82) is 0 Å². The van der Waals surface area contributed by atoms with Crippen molar-refractivity contribution in [2.75, 3.05) is 16.8 Å². The quantitative estimate of drug-likeness (QED) is 0.791. The molecule has 1 amide bonds. The van der Waals surface area contributed by atoms with Gasteiger partial charge in [-0.1, -0.05) is 6.42 Å². The van der Waals surface area contributed by atoms with Gasteiger partial charge in [0.05, 0.1) is 17.1 Å². The molecule has 5 nitrogen and oxygen atoms in total.